The molecule has 0 amide bonds. The number of hydrogen-bond donors (Lipinski definition) is 0. The maximum atomic E-state index is 2.35. The molecule has 0 bridgehead atoms. The minimum atomic E-state index is 1.21. The van der Waals surface area contributed by atoms with Crippen LogP contribution in [0.15, 0.2) is 182 Å². The van der Waals surface area contributed by atoms with E-state index in [9.17, 15) is 0 Å². The van der Waals surface area contributed by atoms with Crippen LogP contribution in [0.2, 0.25) is 0 Å². The third kappa shape index (κ3) is 3.84. The summed E-state index contributed by atoms with van der Waals surface area (Å²) in [6.45, 7) is 0. The van der Waals surface area contributed by atoms with Gasteiger partial charge in [-0.25, -0.2) is 0 Å². The van der Waals surface area contributed by atoms with Gasteiger partial charge >= 0.3 is 0 Å². The average Bonchev–Trinajstić information content (AvgIpc) is 3.51. The van der Waals surface area contributed by atoms with Crippen molar-refractivity contribution in [3.63, 3.8) is 0 Å². The predicted molar refractivity (Wildman–Crippen MR) is 205 cm³/mol. The standard InChI is InChI=1S/C48H30/c1-5-17-32(18-6-1)41-42(33-19-7-2-8-20-33)44(35-23-11-4-12-24-35)48-46(43(41)34-21-9-3-10-22-34)37-28-14-13-27-36(37)45-38-29-15-25-31-26-16-30-39(40(31)38)47(45)48/h1-30H. The van der Waals surface area contributed by atoms with Crippen LogP contribution in [-0.4, -0.2) is 0 Å². The van der Waals surface area contributed by atoms with E-state index in [1.807, 2.05) is 0 Å². The van der Waals surface area contributed by atoms with Gasteiger partial charge in [-0.05, 0) is 99.1 Å². The van der Waals surface area contributed by atoms with Gasteiger partial charge in [0, 0.05) is 0 Å². The molecule has 0 saturated heterocycles. The van der Waals surface area contributed by atoms with E-state index in [0.29, 0.717) is 0 Å². The van der Waals surface area contributed by atoms with Gasteiger partial charge in [0.15, 0.2) is 0 Å². The van der Waals surface area contributed by atoms with Crippen LogP contribution >= 0.6 is 0 Å². The summed E-state index contributed by atoms with van der Waals surface area (Å²) in [4.78, 5) is 0. The molecular weight excluding hydrogens is 577 g/mol. The lowest BCUT2D eigenvalue weighted by molar-refractivity contribution is 1.57. The first kappa shape index (κ1) is 26.9. The van der Waals surface area contributed by atoms with Gasteiger partial charge in [0.25, 0.3) is 0 Å². The average molecular weight is 607 g/mol. The van der Waals surface area contributed by atoms with Crippen LogP contribution < -0.4 is 0 Å². The van der Waals surface area contributed by atoms with E-state index in [0.717, 1.165) is 0 Å². The lowest BCUT2D eigenvalue weighted by Crippen LogP contribution is -2.00. The summed E-state index contributed by atoms with van der Waals surface area (Å²) in [5, 5.41) is 7.83. The summed E-state index contributed by atoms with van der Waals surface area (Å²) in [6.07, 6.45) is 0. The zero-order chi connectivity index (χ0) is 31.6. The number of rotatable bonds is 4. The lowest BCUT2D eigenvalue weighted by Gasteiger charge is -2.27. The highest BCUT2D eigenvalue weighted by Gasteiger charge is 2.32. The zero-order valence-corrected chi connectivity index (χ0v) is 26.3. The molecule has 0 nitrogen and oxygen atoms in total. The first-order valence-electron chi connectivity index (χ1n) is 16.7. The molecule has 9 aromatic rings. The highest BCUT2D eigenvalue weighted by atomic mass is 14.3. The molecule has 0 heterocycles. The first-order valence-corrected chi connectivity index (χ1v) is 16.7. The Morgan fingerprint density at radius 3 is 1.10 bits per heavy atom. The van der Waals surface area contributed by atoms with E-state index in [-0.39, 0.29) is 0 Å². The molecule has 1 aliphatic rings. The van der Waals surface area contributed by atoms with Crippen LogP contribution in [0.1, 0.15) is 0 Å². The van der Waals surface area contributed by atoms with Crippen molar-refractivity contribution in [2.75, 3.05) is 0 Å². The summed E-state index contributed by atoms with van der Waals surface area (Å²) in [5.41, 5.74) is 15.3. The fourth-order valence-corrected chi connectivity index (χ4v) is 8.33. The third-order valence-corrected chi connectivity index (χ3v) is 10.2. The maximum absolute atomic E-state index is 2.35. The summed E-state index contributed by atoms with van der Waals surface area (Å²) >= 11 is 0. The molecule has 1 aliphatic carbocycles. The number of benzene rings is 9. The first-order chi connectivity index (χ1) is 23.9. The topological polar surface area (TPSA) is 0 Å². The van der Waals surface area contributed by atoms with Gasteiger partial charge in [-0.15, -0.1) is 0 Å². The SMILES string of the molecule is c1ccc(-c2c(-c3ccccc3)c(-c3ccccc3)c3c(c2-c2ccccc2)c2c(c4ccccc43)-c3cccc4cccc-2c34)cc1. The van der Waals surface area contributed by atoms with E-state index in [1.54, 1.807) is 0 Å². The zero-order valence-electron chi connectivity index (χ0n) is 26.3. The van der Waals surface area contributed by atoms with Crippen LogP contribution in [0.25, 0.3) is 99.1 Å². The molecule has 0 radical (unpaired) electrons. The van der Waals surface area contributed by atoms with E-state index >= 15 is 0 Å². The van der Waals surface area contributed by atoms with Crippen molar-refractivity contribution in [3.05, 3.63) is 182 Å². The van der Waals surface area contributed by atoms with E-state index in [4.69, 9.17) is 0 Å². The molecule has 222 valence electrons. The van der Waals surface area contributed by atoms with Crippen LogP contribution in [0.4, 0.5) is 0 Å². The van der Waals surface area contributed by atoms with Crippen LogP contribution in [0.3, 0.4) is 0 Å². The summed E-state index contributed by atoms with van der Waals surface area (Å²) < 4.78 is 0. The van der Waals surface area contributed by atoms with Gasteiger partial charge in [-0.3, -0.25) is 0 Å². The van der Waals surface area contributed by atoms with Gasteiger partial charge < -0.3 is 0 Å². The molecule has 48 heavy (non-hydrogen) atoms. The molecule has 0 aromatic heterocycles. The lowest BCUT2D eigenvalue weighted by atomic mass is 9.75. The monoisotopic (exact) mass is 606 g/mol. The Hall–Kier alpha value is -6.24. The second-order valence-corrected chi connectivity index (χ2v) is 12.7. The summed E-state index contributed by atoms with van der Waals surface area (Å²) in [6, 6.07) is 66.9. The van der Waals surface area contributed by atoms with Crippen molar-refractivity contribution in [2.24, 2.45) is 0 Å². The molecule has 0 saturated carbocycles. The van der Waals surface area contributed by atoms with Crippen LogP contribution in [0, 0.1) is 0 Å². The highest BCUT2D eigenvalue weighted by molar-refractivity contribution is 6.36. The maximum Gasteiger partial charge on any atom is -0.0000933 e. The van der Waals surface area contributed by atoms with Gasteiger partial charge in [-0.2, -0.15) is 0 Å². The number of hydrogen-bond acceptors (Lipinski definition) is 0. The van der Waals surface area contributed by atoms with Crippen LogP contribution in [0.5, 0.6) is 0 Å². The second kappa shape index (κ2) is 10.7. The quantitative estimate of drug-likeness (QED) is 0.175. The second-order valence-electron chi connectivity index (χ2n) is 12.7. The van der Waals surface area contributed by atoms with Crippen molar-refractivity contribution >= 4 is 32.3 Å². The van der Waals surface area contributed by atoms with E-state index in [2.05, 4.69) is 182 Å². The molecule has 9 aromatic carbocycles. The Labute approximate surface area is 280 Å². The molecule has 0 atom stereocenters. The normalized spacial score (nSPS) is 11.8. The molecule has 0 N–H and O–H groups in total. The van der Waals surface area contributed by atoms with Crippen molar-refractivity contribution < 1.29 is 0 Å². The molecule has 0 unspecified atom stereocenters. The van der Waals surface area contributed by atoms with Gasteiger partial charge in [-0.1, -0.05) is 182 Å². The Balaban J connectivity index is 1.59. The minimum absolute atomic E-state index is 1.21. The summed E-state index contributed by atoms with van der Waals surface area (Å²) in [5.74, 6) is 0. The van der Waals surface area contributed by atoms with Gasteiger partial charge in [0.2, 0.25) is 0 Å². The van der Waals surface area contributed by atoms with Crippen molar-refractivity contribution in [3.8, 4) is 66.8 Å². The van der Waals surface area contributed by atoms with Crippen molar-refractivity contribution in [1.29, 1.82) is 0 Å². The van der Waals surface area contributed by atoms with Crippen LogP contribution in [-0.2, 0) is 0 Å². The van der Waals surface area contributed by atoms with Gasteiger partial charge in [0.1, 0.15) is 0 Å². The Bertz CT molecular complexity index is 2660. The Morgan fingerprint density at radius 1 is 0.208 bits per heavy atom. The fraction of sp³-hybridized carbons (Fsp3) is 0. The molecule has 0 aliphatic heterocycles. The molecule has 0 fully saturated rings. The predicted octanol–water partition coefficient (Wildman–Crippen LogP) is 13.5. The summed E-state index contributed by atoms with van der Waals surface area (Å²) in [7, 11) is 0. The van der Waals surface area contributed by atoms with E-state index < -0.39 is 0 Å². The molecule has 10 rings (SSSR count). The fourth-order valence-electron chi connectivity index (χ4n) is 8.33. The largest absolute Gasteiger partial charge is 0.0622 e. The van der Waals surface area contributed by atoms with E-state index in [1.165, 1.54) is 99.1 Å². The van der Waals surface area contributed by atoms with Crippen molar-refractivity contribution in [1.82, 2.24) is 0 Å². The Kier molecular flexibility index (Phi) is 5.98. The smallest absolute Gasteiger partial charge is 0.0000933 e. The molecular formula is C48H30. The van der Waals surface area contributed by atoms with Crippen molar-refractivity contribution in [2.45, 2.75) is 0 Å². The Morgan fingerprint density at radius 2 is 0.604 bits per heavy atom. The molecule has 0 spiro atoms. The highest BCUT2D eigenvalue weighted by Crippen LogP contribution is 2.60. The minimum Gasteiger partial charge on any atom is -0.0622 e. The third-order valence-electron chi connectivity index (χ3n) is 10.2. The van der Waals surface area contributed by atoms with Gasteiger partial charge in [0.05, 0.1) is 0 Å². The number of fused-ring (bicyclic) bond motifs is 8. The molecule has 0 heteroatoms.